The van der Waals surface area contributed by atoms with E-state index in [1.165, 1.54) is 16.3 Å². The van der Waals surface area contributed by atoms with Gasteiger partial charge in [-0.25, -0.2) is 0 Å². The zero-order valence-electron chi connectivity index (χ0n) is 12.6. The van der Waals surface area contributed by atoms with Gasteiger partial charge < -0.3 is 10.1 Å². The molecule has 1 aromatic carbocycles. The van der Waals surface area contributed by atoms with E-state index >= 15 is 0 Å². The second-order valence-corrected chi connectivity index (χ2v) is 4.99. The molecule has 0 aliphatic carbocycles. The average Bonchev–Trinajstić information content (AvgIpc) is 2.49. The summed E-state index contributed by atoms with van der Waals surface area (Å²) in [4.78, 5) is 4.21. The fourth-order valence-corrected chi connectivity index (χ4v) is 2.81. The van der Waals surface area contributed by atoms with Crippen molar-refractivity contribution in [3.63, 3.8) is 0 Å². The SMILES string of the molecule is CCCC(OCC)C(NC)c1cccc2cnccc12. The number of fused-ring (bicyclic) bond motifs is 1. The molecule has 2 aromatic rings. The first-order valence-electron chi connectivity index (χ1n) is 7.43. The van der Waals surface area contributed by atoms with Gasteiger partial charge in [0, 0.05) is 24.4 Å². The Balaban J connectivity index is 2.42. The second-order valence-electron chi connectivity index (χ2n) is 4.99. The van der Waals surface area contributed by atoms with Crippen LogP contribution in [0.3, 0.4) is 0 Å². The fraction of sp³-hybridized carbons (Fsp3) is 0.471. The molecule has 1 heterocycles. The molecule has 0 aliphatic heterocycles. The summed E-state index contributed by atoms with van der Waals surface area (Å²) in [5.41, 5.74) is 1.29. The van der Waals surface area contributed by atoms with Crippen LogP contribution in [0.5, 0.6) is 0 Å². The van der Waals surface area contributed by atoms with Gasteiger partial charge >= 0.3 is 0 Å². The summed E-state index contributed by atoms with van der Waals surface area (Å²) >= 11 is 0. The highest BCUT2D eigenvalue weighted by Gasteiger charge is 2.22. The molecule has 3 heteroatoms. The number of nitrogens with one attached hydrogen (secondary N) is 1. The molecule has 0 saturated carbocycles. The van der Waals surface area contributed by atoms with E-state index in [4.69, 9.17) is 4.74 Å². The standard InChI is InChI=1S/C17H24N2O/c1-4-7-16(20-5-2)17(18-3)15-9-6-8-13-12-19-11-10-14(13)15/h6,8-12,16-18H,4-5,7H2,1-3H3. The quantitative estimate of drug-likeness (QED) is 0.834. The molecule has 0 bridgehead atoms. The molecule has 0 saturated heterocycles. The van der Waals surface area contributed by atoms with E-state index < -0.39 is 0 Å². The Morgan fingerprint density at radius 3 is 2.80 bits per heavy atom. The van der Waals surface area contributed by atoms with Crippen molar-refractivity contribution in [2.24, 2.45) is 0 Å². The van der Waals surface area contributed by atoms with Gasteiger partial charge in [-0.1, -0.05) is 31.5 Å². The summed E-state index contributed by atoms with van der Waals surface area (Å²) < 4.78 is 5.96. The zero-order valence-corrected chi connectivity index (χ0v) is 12.6. The summed E-state index contributed by atoms with van der Waals surface area (Å²) in [6, 6.07) is 8.68. The highest BCUT2D eigenvalue weighted by atomic mass is 16.5. The predicted octanol–water partition coefficient (Wildman–Crippen LogP) is 3.70. The van der Waals surface area contributed by atoms with Crippen LogP contribution < -0.4 is 5.32 Å². The molecule has 2 atom stereocenters. The van der Waals surface area contributed by atoms with Crippen molar-refractivity contribution in [2.75, 3.05) is 13.7 Å². The first kappa shape index (κ1) is 14.9. The van der Waals surface area contributed by atoms with Crippen LogP contribution in [0, 0.1) is 0 Å². The monoisotopic (exact) mass is 272 g/mol. The molecule has 20 heavy (non-hydrogen) atoms. The Bertz CT molecular complexity index is 530. The van der Waals surface area contributed by atoms with Crippen molar-refractivity contribution < 1.29 is 4.74 Å². The van der Waals surface area contributed by atoms with Crippen molar-refractivity contribution >= 4 is 10.8 Å². The van der Waals surface area contributed by atoms with Crippen LogP contribution in [0.4, 0.5) is 0 Å². The van der Waals surface area contributed by atoms with Crippen LogP contribution in [0.25, 0.3) is 10.8 Å². The predicted molar refractivity (Wildman–Crippen MR) is 83.9 cm³/mol. The van der Waals surface area contributed by atoms with Gasteiger partial charge in [0.1, 0.15) is 0 Å². The first-order chi connectivity index (χ1) is 9.81. The highest BCUT2D eigenvalue weighted by Crippen LogP contribution is 2.28. The fourth-order valence-electron chi connectivity index (χ4n) is 2.81. The second kappa shape index (κ2) is 7.36. The largest absolute Gasteiger partial charge is 0.377 e. The van der Waals surface area contributed by atoms with Gasteiger partial charge in [0.2, 0.25) is 0 Å². The summed E-state index contributed by atoms with van der Waals surface area (Å²) in [6.07, 6.45) is 6.15. The van der Waals surface area contributed by atoms with Crippen molar-refractivity contribution in [3.05, 3.63) is 42.2 Å². The third kappa shape index (κ3) is 3.17. The number of pyridine rings is 1. The summed E-state index contributed by atoms with van der Waals surface area (Å²) in [6.45, 7) is 5.00. The number of ether oxygens (including phenoxy) is 1. The van der Waals surface area contributed by atoms with Crippen LogP contribution in [0.1, 0.15) is 38.3 Å². The van der Waals surface area contributed by atoms with Gasteiger partial charge in [0.25, 0.3) is 0 Å². The zero-order chi connectivity index (χ0) is 14.4. The van der Waals surface area contributed by atoms with Crippen LogP contribution in [-0.4, -0.2) is 24.7 Å². The van der Waals surface area contributed by atoms with E-state index in [-0.39, 0.29) is 12.1 Å². The summed E-state index contributed by atoms with van der Waals surface area (Å²) in [5.74, 6) is 0. The Kier molecular flexibility index (Phi) is 5.50. The number of benzene rings is 1. The van der Waals surface area contributed by atoms with Crippen molar-refractivity contribution in [3.8, 4) is 0 Å². The van der Waals surface area contributed by atoms with Gasteiger partial charge in [-0.15, -0.1) is 0 Å². The molecule has 108 valence electrons. The van der Waals surface area contributed by atoms with Crippen LogP contribution >= 0.6 is 0 Å². The number of nitrogens with zero attached hydrogens (tertiary/aromatic N) is 1. The first-order valence-corrected chi connectivity index (χ1v) is 7.43. The number of hydrogen-bond acceptors (Lipinski definition) is 3. The Hall–Kier alpha value is -1.45. The topological polar surface area (TPSA) is 34.1 Å². The molecule has 3 nitrogen and oxygen atoms in total. The lowest BCUT2D eigenvalue weighted by Gasteiger charge is -2.28. The minimum atomic E-state index is 0.203. The van der Waals surface area contributed by atoms with E-state index in [0.29, 0.717) is 0 Å². The molecule has 0 amide bonds. The van der Waals surface area contributed by atoms with Crippen molar-refractivity contribution in [1.82, 2.24) is 10.3 Å². The maximum atomic E-state index is 5.96. The molecule has 0 spiro atoms. The van der Waals surface area contributed by atoms with Gasteiger partial charge in [0.15, 0.2) is 0 Å². The molecular weight excluding hydrogens is 248 g/mol. The van der Waals surface area contributed by atoms with Crippen LogP contribution in [0.15, 0.2) is 36.7 Å². The van der Waals surface area contributed by atoms with Gasteiger partial charge in [-0.3, -0.25) is 4.98 Å². The smallest absolute Gasteiger partial charge is 0.0769 e. The van der Waals surface area contributed by atoms with Gasteiger partial charge in [-0.2, -0.15) is 0 Å². The summed E-state index contributed by atoms with van der Waals surface area (Å²) in [5, 5.41) is 5.87. The Labute approximate surface area is 121 Å². The molecule has 2 unspecified atom stereocenters. The van der Waals surface area contributed by atoms with Crippen LogP contribution in [0.2, 0.25) is 0 Å². The highest BCUT2D eigenvalue weighted by molar-refractivity contribution is 5.85. The van der Waals surface area contributed by atoms with E-state index in [0.717, 1.165) is 19.4 Å². The third-order valence-corrected chi connectivity index (χ3v) is 3.69. The Morgan fingerprint density at radius 2 is 2.10 bits per heavy atom. The number of likely N-dealkylation sites (N-methyl/N-ethyl adjacent to an activating group) is 1. The molecule has 0 fully saturated rings. The average molecular weight is 272 g/mol. The molecule has 0 aliphatic rings. The summed E-state index contributed by atoms with van der Waals surface area (Å²) in [7, 11) is 2.01. The van der Waals surface area contributed by atoms with Crippen molar-refractivity contribution in [1.29, 1.82) is 0 Å². The van der Waals surface area contributed by atoms with Gasteiger partial charge in [-0.05, 0) is 37.4 Å². The lowest BCUT2D eigenvalue weighted by molar-refractivity contribution is 0.0299. The molecule has 1 aromatic heterocycles. The lowest BCUT2D eigenvalue weighted by Crippen LogP contribution is -2.32. The minimum absolute atomic E-state index is 0.203. The molecule has 2 rings (SSSR count). The van der Waals surface area contributed by atoms with E-state index in [1.54, 1.807) is 0 Å². The maximum Gasteiger partial charge on any atom is 0.0769 e. The van der Waals surface area contributed by atoms with E-state index in [2.05, 4.69) is 48.4 Å². The minimum Gasteiger partial charge on any atom is -0.377 e. The number of rotatable bonds is 7. The molecule has 1 N–H and O–H groups in total. The number of aromatic nitrogens is 1. The van der Waals surface area contributed by atoms with E-state index in [9.17, 15) is 0 Å². The maximum absolute atomic E-state index is 5.96. The lowest BCUT2D eigenvalue weighted by atomic mass is 9.94. The molecule has 0 radical (unpaired) electrons. The van der Waals surface area contributed by atoms with E-state index in [1.807, 2.05) is 19.4 Å². The number of hydrogen-bond donors (Lipinski definition) is 1. The Morgan fingerprint density at radius 1 is 1.25 bits per heavy atom. The van der Waals surface area contributed by atoms with Crippen molar-refractivity contribution in [2.45, 2.75) is 38.8 Å². The normalized spacial score (nSPS) is 14.3. The van der Waals surface area contributed by atoms with Crippen LogP contribution in [-0.2, 0) is 4.74 Å². The molecular formula is C17H24N2O. The third-order valence-electron chi connectivity index (χ3n) is 3.69. The van der Waals surface area contributed by atoms with Gasteiger partial charge in [0.05, 0.1) is 12.1 Å².